The maximum atomic E-state index is 11.2. The molecule has 46 heavy (non-hydrogen) atoms. The number of hydrogen-bond donors (Lipinski definition) is 7. The number of aromatic nitrogens is 3. The van der Waals surface area contributed by atoms with Gasteiger partial charge in [-0.1, -0.05) is 0 Å². The molecule has 6 rings (SSSR count). The largest absolute Gasteiger partial charge is 0.423 e. The van der Waals surface area contributed by atoms with Gasteiger partial charge >= 0.3 is 11.9 Å². The molecule has 0 bridgehead atoms. The maximum Gasteiger partial charge on any atom is 0.308 e. The van der Waals surface area contributed by atoms with Gasteiger partial charge in [0.2, 0.25) is 0 Å². The van der Waals surface area contributed by atoms with E-state index >= 15 is 0 Å². The van der Waals surface area contributed by atoms with Crippen molar-refractivity contribution in [3.8, 4) is 11.5 Å². The van der Waals surface area contributed by atoms with E-state index in [0.717, 1.165) is 43.8 Å². The van der Waals surface area contributed by atoms with Crippen LogP contribution in [0.2, 0.25) is 0 Å². The molecular formula is C34H35N3O9. The van der Waals surface area contributed by atoms with E-state index < -0.39 is 11.9 Å². The summed E-state index contributed by atoms with van der Waals surface area (Å²) in [6, 6.07) is 16.1. The molecule has 0 amide bonds. The number of ether oxygens (including phenoxy) is 2. The Morgan fingerprint density at radius 3 is 1.50 bits per heavy atom. The van der Waals surface area contributed by atoms with E-state index in [2.05, 4.69) is 15.0 Å². The number of aliphatic hydroxyl groups excluding tert-OH is 4. The summed E-state index contributed by atoms with van der Waals surface area (Å²) in [6.45, 7) is 3.76. The molecular weight excluding hydrogens is 594 g/mol. The van der Waals surface area contributed by atoms with Crippen molar-refractivity contribution in [3.05, 3.63) is 94.9 Å². The number of Topliss-reactive ketones (excluding diaryl/α,β-unsaturated/α-hetero) is 1. The number of H-pyrrole nitrogens is 3. The van der Waals surface area contributed by atoms with E-state index in [4.69, 9.17) is 29.9 Å². The predicted octanol–water partition coefficient (Wildman–Crippen LogP) is 4.53. The molecule has 12 heteroatoms. The Hall–Kier alpha value is -5.27. The summed E-state index contributed by atoms with van der Waals surface area (Å²) in [4.78, 5) is 42.1. The fraction of sp³-hybridized carbons (Fsp3) is 0.206. The van der Waals surface area contributed by atoms with Crippen molar-refractivity contribution in [1.29, 1.82) is 0 Å². The Labute approximate surface area is 263 Å². The number of aliphatic hydroxyl groups is 4. The first-order valence-electron chi connectivity index (χ1n) is 14.2. The number of ketones is 1. The summed E-state index contributed by atoms with van der Waals surface area (Å²) in [7, 11) is 0. The van der Waals surface area contributed by atoms with Crippen LogP contribution in [0.4, 0.5) is 0 Å². The molecule has 0 aliphatic rings. The van der Waals surface area contributed by atoms with Gasteiger partial charge in [-0.3, -0.25) is 14.4 Å². The van der Waals surface area contributed by atoms with Crippen LogP contribution in [-0.4, -0.2) is 53.1 Å². The molecule has 0 saturated heterocycles. The summed E-state index contributed by atoms with van der Waals surface area (Å²) in [5, 5.41) is 39.1. The standard InChI is InChI=1S/C12H11NO4.C12H13NO3.C10H11NO2/c1-7(14)16-11-5-9-3-4-13-10(9)6-12(11)17-8(2)15;1-7(16)11-3-8-2-9(5-14)10(6-15)4-12(8)13-11;12-5-8-3-7-1-2-11-10(7)4-9(8)6-13/h3-6,13H,1-2H3;2-4,13-15H,5-6H2,1H3;1-4,11-13H,5-6H2. The molecule has 0 aliphatic carbocycles. The Morgan fingerprint density at radius 1 is 0.565 bits per heavy atom. The normalized spacial score (nSPS) is 10.7. The van der Waals surface area contributed by atoms with Crippen LogP contribution in [0, 0.1) is 0 Å². The number of carbonyl (C=O) groups is 3. The number of nitrogens with one attached hydrogen (secondary N) is 3. The highest BCUT2D eigenvalue weighted by atomic mass is 16.6. The summed E-state index contributed by atoms with van der Waals surface area (Å²) in [5.74, 6) is -0.507. The van der Waals surface area contributed by atoms with Crippen LogP contribution in [0.1, 0.15) is 53.5 Å². The van der Waals surface area contributed by atoms with Gasteiger partial charge in [0.1, 0.15) is 0 Å². The molecule has 3 aromatic heterocycles. The molecule has 0 spiro atoms. The quantitative estimate of drug-likeness (QED) is 0.0754. The molecule has 3 aromatic carbocycles. The Kier molecular flexibility index (Phi) is 11.1. The molecule has 240 valence electrons. The molecule has 0 saturated carbocycles. The van der Waals surface area contributed by atoms with Crippen molar-refractivity contribution in [2.24, 2.45) is 0 Å². The van der Waals surface area contributed by atoms with Gasteiger partial charge in [0, 0.05) is 66.6 Å². The Balaban J connectivity index is 0.000000158. The van der Waals surface area contributed by atoms with Gasteiger partial charge in [0.15, 0.2) is 17.3 Å². The lowest BCUT2D eigenvalue weighted by atomic mass is 10.1. The lowest BCUT2D eigenvalue weighted by Gasteiger charge is -2.08. The summed E-state index contributed by atoms with van der Waals surface area (Å²) in [6.07, 6.45) is 3.59. The third kappa shape index (κ3) is 8.06. The lowest BCUT2D eigenvalue weighted by molar-refractivity contribution is -0.134. The van der Waals surface area contributed by atoms with Gasteiger partial charge < -0.3 is 44.9 Å². The van der Waals surface area contributed by atoms with Gasteiger partial charge in [-0.05, 0) is 76.2 Å². The van der Waals surface area contributed by atoms with Crippen LogP contribution in [-0.2, 0) is 36.0 Å². The van der Waals surface area contributed by atoms with Crippen molar-refractivity contribution < 1.29 is 44.3 Å². The zero-order chi connectivity index (χ0) is 33.4. The zero-order valence-corrected chi connectivity index (χ0v) is 25.5. The molecule has 12 nitrogen and oxygen atoms in total. The average molecular weight is 630 g/mol. The molecule has 0 atom stereocenters. The molecule has 0 radical (unpaired) electrons. The van der Waals surface area contributed by atoms with Crippen LogP contribution < -0.4 is 9.47 Å². The molecule has 0 aliphatic heterocycles. The van der Waals surface area contributed by atoms with Crippen LogP contribution in [0.3, 0.4) is 0 Å². The van der Waals surface area contributed by atoms with Gasteiger partial charge in [-0.2, -0.15) is 0 Å². The maximum absolute atomic E-state index is 11.2. The van der Waals surface area contributed by atoms with Gasteiger partial charge in [-0.25, -0.2) is 0 Å². The van der Waals surface area contributed by atoms with Gasteiger partial charge in [0.25, 0.3) is 0 Å². The fourth-order valence-electron chi connectivity index (χ4n) is 4.77. The van der Waals surface area contributed by atoms with E-state index in [9.17, 15) is 14.4 Å². The molecule has 0 unspecified atom stereocenters. The number of hydrogen-bond acceptors (Lipinski definition) is 9. The minimum atomic E-state index is -0.468. The number of esters is 2. The fourth-order valence-corrected chi connectivity index (χ4v) is 4.77. The lowest BCUT2D eigenvalue weighted by Crippen LogP contribution is -2.07. The monoisotopic (exact) mass is 629 g/mol. The van der Waals surface area contributed by atoms with Crippen LogP contribution in [0.15, 0.2) is 67.0 Å². The molecule has 0 fully saturated rings. The minimum Gasteiger partial charge on any atom is -0.423 e. The highest BCUT2D eigenvalue weighted by Crippen LogP contribution is 2.32. The minimum absolute atomic E-state index is 0.0307. The SMILES string of the molecule is CC(=O)Oc1cc2cc[nH]c2cc1OC(C)=O.CC(=O)c1cc2cc(CO)c(CO)cc2[nH]1.OCc1cc2cc[nH]c2cc1CO. The molecule has 7 N–H and O–H groups in total. The average Bonchev–Trinajstić information content (AvgIpc) is 3.79. The van der Waals surface area contributed by atoms with Crippen molar-refractivity contribution in [1.82, 2.24) is 15.0 Å². The van der Waals surface area contributed by atoms with Crippen molar-refractivity contribution >= 4 is 50.4 Å². The van der Waals surface area contributed by atoms with E-state index in [1.807, 2.05) is 30.5 Å². The van der Waals surface area contributed by atoms with Gasteiger partial charge in [-0.15, -0.1) is 0 Å². The molecule has 3 heterocycles. The second kappa shape index (κ2) is 15.1. The number of fused-ring (bicyclic) bond motifs is 3. The summed E-state index contributed by atoms with van der Waals surface area (Å²) >= 11 is 0. The number of benzene rings is 3. The van der Waals surface area contributed by atoms with Gasteiger partial charge in [0.05, 0.1) is 32.1 Å². The Morgan fingerprint density at radius 2 is 1.00 bits per heavy atom. The van der Waals surface area contributed by atoms with Crippen molar-refractivity contribution in [3.63, 3.8) is 0 Å². The van der Waals surface area contributed by atoms with Crippen molar-refractivity contribution in [2.45, 2.75) is 47.2 Å². The number of carbonyl (C=O) groups excluding carboxylic acids is 3. The highest BCUT2D eigenvalue weighted by Gasteiger charge is 2.12. The highest BCUT2D eigenvalue weighted by molar-refractivity contribution is 5.98. The summed E-state index contributed by atoms with van der Waals surface area (Å²) < 4.78 is 9.98. The smallest absolute Gasteiger partial charge is 0.308 e. The van der Waals surface area contributed by atoms with E-state index in [1.54, 1.807) is 36.5 Å². The second-order valence-electron chi connectivity index (χ2n) is 10.3. The van der Waals surface area contributed by atoms with Crippen molar-refractivity contribution in [2.75, 3.05) is 0 Å². The summed E-state index contributed by atoms with van der Waals surface area (Å²) in [5.41, 5.74) is 6.04. The Bertz CT molecular complexity index is 1870. The third-order valence-electron chi connectivity index (χ3n) is 7.00. The van der Waals surface area contributed by atoms with Crippen LogP contribution in [0.5, 0.6) is 11.5 Å². The number of rotatable bonds is 7. The van der Waals surface area contributed by atoms with Crippen LogP contribution in [0.25, 0.3) is 32.7 Å². The van der Waals surface area contributed by atoms with E-state index in [1.165, 1.54) is 20.8 Å². The molecule has 6 aromatic rings. The van der Waals surface area contributed by atoms with E-state index in [-0.39, 0.29) is 43.7 Å². The first kappa shape index (κ1) is 33.6. The zero-order valence-electron chi connectivity index (χ0n) is 25.5. The third-order valence-corrected chi connectivity index (χ3v) is 7.00. The topological polar surface area (TPSA) is 198 Å². The number of aromatic amines is 3. The van der Waals surface area contributed by atoms with E-state index in [0.29, 0.717) is 16.8 Å². The predicted molar refractivity (Wildman–Crippen MR) is 171 cm³/mol. The first-order valence-corrected chi connectivity index (χ1v) is 14.2. The first-order chi connectivity index (χ1) is 22.1. The second-order valence-corrected chi connectivity index (χ2v) is 10.3. The van der Waals surface area contributed by atoms with Crippen LogP contribution >= 0.6 is 0 Å².